The van der Waals surface area contributed by atoms with Gasteiger partial charge in [-0.3, -0.25) is 0 Å². The van der Waals surface area contributed by atoms with Crippen molar-refractivity contribution in [3.8, 4) is 0 Å². The molecule has 0 radical (unpaired) electrons. The molecule has 1 aliphatic heterocycles. The Kier molecular flexibility index (Phi) is 4.10. The Labute approximate surface area is 112 Å². The second-order valence-corrected chi connectivity index (χ2v) is 5.26. The van der Waals surface area contributed by atoms with E-state index in [-0.39, 0.29) is 6.10 Å². The lowest BCUT2D eigenvalue weighted by Gasteiger charge is -2.25. The lowest BCUT2D eigenvalue weighted by molar-refractivity contribution is -0.0941. The molecule has 6 heteroatoms. The van der Waals surface area contributed by atoms with Crippen molar-refractivity contribution in [2.45, 2.75) is 43.7 Å². The maximum absolute atomic E-state index is 5.58. The summed E-state index contributed by atoms with van der Waals surface area (Å²) < 4.78 is 16.4. The molecular formula is C13H21N3O3. The van der Waals surface area contributed by atoms with Gasteiger partial charge in [-0.1, -0.05) is 5.16 Å². The molecule has 1 atom stereocenters. The summed E-state index contributed by atoms with van der Waals surface area (Å²) in [5, 5.41) is 7.38. The number of ether oxygens (including phenoxy) is 2. The summed E-state index contributed by atoms with van der Waals surface area (Å²) in [5.74, 6) is 1.79. The second-order valence-electron chi connectivity index (χ2n) is 5.26. The van der Waals surface area contributed by atoms with Crippen LogP contribution in [0, 0.1) is 0 Å². The number of aromatic nitrogens is 2. The Morgan fingerprint density at radius 2 is 2.00 bits per heavy atom. The van der Waals surface area contributed by atoms with Crippen molar-refractivity contribution < 1.29 is 14.0 Å². The fourth-order valence-electron chi connectivity index (χ4n) is 2.81. The average molecular weight is 267 g/mol. The first-order chi connectivity index (χ1) is 9.36. The molecule has 1 saturated heterocycles. The zero-order valence-corrected chi connectivity index (χ0v) is 11.3. The molecule has 0 amide bonds. The summed E-state index contributed by atoms with van der Waals surface area (Å²) in [7, 11) is 2.02. The summed E-state index contributed by atoms with van der Waals surface area (Å²) in [4.78, 5) is 4.51. The Hall–Kier alpha value is -0.980. The van der Waals surface area contributed by atoms with E-state index in [2.05, 4.69) is 15.5 Å². The van der Waals surface area contributed by atoms with Crippen LogP contribution in [0.3, 0.4) is 0 Å². The van der Waals surface area contributed by atoms with Crippen LogP contribution in [0.5, 0.6) is 0 Å². The smallest absolute Gasteiger partial charge is 0.229 e. The summed E-state index contributed by atoms with van der Waals surface area (Å²) in [6.45, 7) is 1.77. The van der Waals surface area contributed by atoms with E-state index in [4.69, 9.17) is 14.0 Å². The standard InChI is InChI=1S/C13H21N3O3/c1-14-10-4-2-9(3-5-10)13-15-12(16-19-13)11-8-17-6-7-18-11/h9-11,14H,2-8H2,1H3. The highest BCUT2D eigenvalue weighted by atomic mass is 16.6. The second kappa shape index (κ2) is 5.98. The number of rotatable bonds is 3. The third-order valence-electron chi connectivity index (χ3n) is 4.05. The largest absolute Gasteiger partial charge is 0.376 e. The molecule has 2 heterocycles. The Morgan fingerprint density at radius 1 is 1.16 bits per heavy atom. The predicted octanol–water partition coefficient (Wildman–Crippen LogP) is 1.40. The van der Waals surface area contributed by atoms with E-state index >= 15 is 0 Å². The maximum Gasteiger partial charge on any atom is 0.229 e. The van der Waals surface area contributed by atoms with Gasteiger partial charge in [0.05, 0.1) is 19.8 Å². The predicted molar refractivity (Wildman–Crippen MR) is 67.9 cm³/mol. The molecule has 1 N–H and O–H groups in total. The summed E-state index contributed by atoms with van der Waals surface area (Å²) in [6, 6.07) is 0.633. The topological polar surface area (TPSA) is 69.4 Å². The SMILES string of the molecule is CNC1CCC(c2nc(C3COCCO3)no2)CC1. The lowest BCUT2D eigenvalue weighted by atomic mass is 9.86. The molecule has 1 aliphatic carbocycles. The Morgan fingerprint density at radius 3 is 2.68 bits per heavy atom. The van der Waals surface area contributed by atoms with Crippen LogP contribution in [-0.2, 0) is 9.47 Å². The van der Waals surface area contributed by atoms with E-state index in [1.807, 2.05) is 7.05 Å². The van der Waals surface area contributed by atoms with E-state index in [9.17, 15) is 0 Å². The molecule has 1 aromatic heterocycles. The monoisotopic (exact) mass is 267 g/mol. The van der Waals surface area contributed by atoms with E-state index < -0.39 is 0 Å². The van der Waals surface area contributed by atoms with Gasteiger partial charge in [0.2, 0.25) is 11.7 Å². The van der Waals surface area contributed by atoms with Gasteiger partial charge in [0.15, 0.2) is 0 Å². The minimum absolute atomic E-state index is 0.167. The van der Waals surface area contributed by atoms with Crippen molar-refractivity contribution >= 4 is 0 Å². The third kappa shape index (κ3) is 2.96. The van der Waals surface area contributed by atoms with Gasteiger partial charge in [0.1, 0.15) is 6.10 Å². The molecule has 1 saturated carbocycles. The molecule has 0 spiro atoms. The first kappa shape index (κ1) is 13.0. The molecule has 1 unspecified atom stereocenters. The van der Waals surface area contributed by atoms with Crippen LogP contribution >= 0.6 is 0 Å². The minimum Gasteiger partial charge on any atom is -0.376 e. The van der Waals surface area contributed by atoms with Crippen LogP contribution in [0.25, 0.3) is 0 Å². The van der Waals surface area contributed by atoms with E-state index in [0.717, 1.165) is 18.7 Å². The average Bonchev–Trinajstić information content (AvgIpc) is 2.98. The Bertz CT molecular complexity index is 396. The van der Waals surface area contributed by atoms with Crippen molar-refractivity contribution in [3.05, 3.63) is 11.7 Å². The van der Waals surface area contributed by atoms with Crippen molar-refractivity contribution in [2.24, 2.45) is 0 Å². The molecule has 106 valence electrons. The zero-order valence-electron chi connectivity index (χ0n) is 11.3. The summed E-state index contributed by atoms with van der Waals surface area (Å²) >= 11 is 0. The maximum atomic E-state index is 5.58. The molecule has 0 aromatic carbocycles. The number of nitrogens with zero attached hydrogens (tertiary/aromatic N) is 2. The Balaban J connectivity index is 1.61. The lowest BCUT2D eigenvalue weighted by Crippen LogP contribution is -2.29. The first-order valence-electron chi connectivity index (χ1n) is 7.07. The van der Waals surface area contributed by atoms with Crippen molar-refractivity contribution in [1.82, 2.24) is 15.5 Å². The molecular weight excluding hydrogens is 246 g/mol. The fourth-order valence-corrected chi connectivity index (χ4v) is 2.81. The van der Waals surface area contributed by atoms with Gasteiger partial charge in [-0.25, -0.2) is 0 Å². The van der Waals surface area contributed by atoms with Crippen molar-refractivity contribution in [3.63, 3.8) is 0 Å². The summed E-state index contributed by atoms with van der Waals surface area (Å²) in [5.41, 5.74) is 0. The third-order valence-corrected chi connectivity index (χ3v) is 4.05. The van der Waals surface area contributed by atoms with Crippen molar-refractivity contribution in [2.75, 3.05) is 26.9 Å². The minimum atomic E-state index is -0.167. The normalized spacial score (nSPS) is 32.4. The van der Waals surface area contributed by atoms with Crippen LogP contribution in [0.2, 0.25) is 0 Å². The highest BCUT2D eigenvalue weighted by Gasteiger charge is 2.28. The van der Waals surface area contributed by atoms with Gasteiger partial charge >= 0.3 is 0 Å². The van der Waals surface area contributed by atoms with Gasteiger partial charge in [0.25, 0.3) is 0 Å². The highest BCUT2D eigenvalue weighted by molar-refractivity contribution is 4.99. The van der Waals surface area contributed by atoms with Crippen LogP contribution < -0.4 is 5.32 Å². The van der Waals surface area contributed by atoms with E-state index in [1.54, 1.807) is 0 Å². The number of hydrogen-bond donors (Lipinski definition) is 1. The van der Waals surface area contributed by atoms with Gasteiger partial charge in [0, 0.05) is 12.0 Å². The zero-order chi connectivity index (χ0) is 13.1. The molecule has 19 heavy (non-hydrogen) atoms. The van der Waals surface area contributed by atoms with Gasteiger partial charge < -0.3 is 19.3 Å². The molecule has 6 nitrogen and oxygen atoms in total. The summed E-state index contributed by atoms with van der Waals surface area (Å²) in [6.07, 6.45) is 4.38. The number of hydrogen-bond acceptors (Lipinski definition) is 6. The van der Waals surface area contributed by atoms with E-state index in [0.29, 0.717) is 37.6 Å². The molecule has 1 aromatic rings. The molecule has 2 fully saturated rings. The molecule has 3 rings (SSSR count). The van der Waals surface area contributed by atoms with Crippen LogP contribution in [0.4, 0.5) is 0 Å². The first-order valence-corrected chi connectivity index (χ1v) is 7.07. The van der Waals surface area contributed by atoms with Crippen molar-refractivity contribution in [1.29, 1.82) is 0 Å². The van der Waals surface area contributed by atoms with Gasteiger partial charge in [-0.15, -0.1) is 0 Å². The van der Waals surface area contributed by atoms with Crippen LogP contribution in [0.15, 0.2) is 4.52 Å². The quantitative estimate of drug-likeness (QED) is 0.892. The van der Waals surface area contributed by atoms with E-state index in [1.165, 1.54) is 12.8 Å². The van der Waals surface area contributed by atoms with Gasteiger partial charge in [-0.2, -0.15) is 4.98 Å². The van der Waals surface area contributed by atoms with Crippen LogP contribution in [0.1, 0.15) is 49.4 Å². The highest BCUT2D eigenvalue weighted by Crippen LogP contribution is 2.32. The van der Waals surface area contributed by atoms with Crippen LogP contribution in [-0.4, -0.2) is 43.1 Å². The fraction of sp³-hybridized carbons (Fsp3) is 0.846. The van der Waals surface area contributed by atoms with Gasteiger partial charge in [-0.05, 0) is 32.7 Å². The molecule has 0 bridgehead atoms. The molecule has 2 aliphatic rings. The number of nitrogens with one attached hydrogen (secondary N) is 1.